The second kappa shape index (κ2) is 10.1. The van der Waals surface area contributed by atoms with Crippen molar-refractivity contribution in [1.29, 1.82) is 0 Å². The number of carbonyl (C=O) groups is 2. The molecule has 0 radical (unpaired) electrons. The molecule has 0 aliphatic rings. The van der Waals surface area contributed by atoms with Crippen molar-refractivity contribution in [2.24, 2.45) is 0 Å². The molecule has 0 saturated heterocycles. The van der Waals surface area contributed by atoms with Crippen molar-refractivity contribution in [2.75, 3.05) is 5.32 Å². The third kappa shape index (κ3) is 6.16. The molecule has 0 atom stereocenters. The van der Waals surface area contributed by atoms with Gasteiger partial charge in [-0.1, -0.05) is 40.9 Å². The predicted octanol–water partition coefficient (Wildman–Crippen LogP) is 5.62. The van der Waals surface area contributed by atoms with Crippen LogP contribution in [0.2, 0.25) is 10.0 Å². The molecule has 9 heteroatoms. The summed E-state index contributed by atoms with van der Waals surface area (Å²) in [5.74, 6) is -1.11. The minimum absolute atomic E-state index is 0.0681. The summed E-state index contributed by atoms with van der Waals surface area (Å²) in [5, 5.41) is 16.8. The van der Waals surface area contributed by atoms with Gasteiger partial charge in [0, 0.05) is 33.4 Å². The molecule has 3 aromatic carbocycles. The van der Waals surface area contributed by atoms with E-state index >= 15 is 0 Å². The number of aryl methyl sites for hydroxylation is 1. The first-order chi connectivity index (χ1) is 15.2. The summed E-state index contributed by atoms with van der Waals surface area (Å²) in [4.78, 5) is 36.1. The van der Waals surface area contributed by atoms with Crippen molar-refractivity contribution in [1.82, 2.24) is 5.32 Å². The van der Waals surface area contributed by atoms with Crippen LogP contribution in [0.15, 0.2) is 72.4 Å². The number of hydrogen-bond donors (Lipinski definition) is 2. The summed E-state index contributed by atoms with van der Waals surface area (Å²) < 4.78 is 0. The normalized spacial score (nSPS) is 11.0. The number of rotatable bonds is 6. The van der Waals surface area contributed by atoms with Gasteiger partial charge in [0.15, 0.2) is 0 Å². The van der Waals surface area contributed by atoms with Gasteiger partial charge in [-0.05, 0) is 61.0 Å². The third-order valence-corrected chi connectivity index (χ3v) is 4.74. The quantitative estimate of drug-likeness (QED) is 0.277. The number of non-ortho nitro benzene ring substituents is 1. The first-order valence-corrected chi connectivity index (χ1v) is 10.1. The SMILES string of the molecule is Cc1cccc(C(=O)N/C(=C\c2ccc([N+](=O)[O-])cc2)C(=O)Nc2cc(Cl)cc(Cl)c2)c1. The number of amides is 2. The molecule has 0 aliphatic carbocycles. The van der Waals surface area contributed by atoms with E-state index in [0.29, 0.717) is 26.9 Å². The fourth-order valence-electron chi connectivity index (χ4n) is 2.82. The number of benzene rings is 3. The van der Waals surface area contributed by atoms with E-state index in [1.807, 2.05) is 13.0 Å². The lowest BCUT2D eigenvalue weighted by Crippen LogP contribution is -2.30. The average molecular weight is 470 g/mol. The van der Waals surface area contributed by atoms with Crippen molar-refractivity contribution < 1.29 is 14.5 Å². The third-order valence-electron chi connectivity index (χ3n) is 4.31. The summed E-state index contributed by atoms with van der Waals surface area (Å²) in [6.07, 6.45) is 1.42. The molecule has 0 bridgehead atoms. The van der Waals surface area contributed by atoms with Crippen LogP contribution in [0.5, 0.6) is 0 Å². The smallest absolute Gasteiger partial charge is 0.272 e. The van der Waals surface area contributed by atoms with Crippen molar-refractivity contribution in [3.05, 3.63) is 109 Å². The molecular formula is C23H17Cl2N3O4. The maximum absolute atomic E-state index is 13.0. The van der Waals surface area contributed by atoms with Gasteiger partial charge < -0.3 is 10.6 Å². The van der Waals surface area contributed by atoms with Gasteiger partial charge in [0.2, 0.25) is 0 Å². The van der Waals surface area contributed by atoms with Crippen LogP contribution in [0, 0.1) is 17.0 Å². The lowest BCUT2D eigenvalue weighted by atomic mass is 10.1. The molecule has 32 heavy (non-hydrogen) atoms. The Morgan fingerprint density at radius 2 is 1.62 bits per heavy atom. The van der Waals surface area contributed by atoms with Gasteiger partial charge >= 0.3 is 0 Å². The van der Waals surface area contributed by atoms with Gasteiger partial charge in [0.1, 0.15) is 5.70 Å². The molecular weight excluding hydrogens is 453 g/mol. The number of carbonyl (C=O) groups excluding carboxylic acids is 2. The number of nitrogens with one attached hydrogen (secondary N) is 2. The molecule has 3 aromatic rings. The Labute approximate surface area is 193 Å². The van der Waals surface area contributed by atoms with Crippen LogP contribution in [0.3, 0.4) is 0 Å². The van der Waals surface area contributed by atoms with Crippen molar-refractivity contribution in [2.45, 2.75) is 6.92 Å². The zero-order chi connectivity index (χ0) is 23.3. The molecule has 0 spiro atoms. The molecule has 0 heterocycles. The standard InChI is InChI=1S/C23H17Cl2N3O4/c1-14-3-2-4-16(9-14)22(29)27-21(10-15-5-7-20(8-6-15)28(31)32)23(30)26-19-12-17(24)11-18(25)13-19/h2-13H,1H3,(H,26,30)(H,27,29)/b21-10-. The number of halogens is 2. The Balaban J connectivity index is 1.92. The van der Waals surface area contributed by atoms with Gasteiger partial charge in [-0.3, -0.25) is 19.7 Å². The molecule has 3 rings (SSSR count). The average Bonchev–Trinajstić information content (AvgIpc) is 2.72. The molecule has 2 amide bonds. The molecule has 0 fully saturated rings. The molecule has 7 nitrogen and oxygen atoms in total. The van der Waals surface area contributed by atoms with E-state index in [4.69, 9.17) is 23.2 Å². The number of nitrogens with zero attached hydrogens (tertiary/aromatic N) is 1. The van der Waals surface area contributed by atoms with Crippen LogP contribution >= 0.6 is 23.2 Å². The lowest BCUT2D eigenvalue weighted by molar-refractivity contribution is -0.384. The number of nitro benzene ring substituents is 1. The Morgan fingerprint density at radius 1 is 0.969 bits per heavy atom. The maximum Gasteiger partial charge on any atom is 0.272 e. The van der Waals surface area contributed by atoms with Gasteiger partial charge in [-0.15, -0.1) is 0 Å². The Morgan fingerprint density at radius 3 is 2.22 bits per heavy atom. The molecule has 0 aliphatic heterocycles. The summed E-state index contributed by atoms with van der Waals surface area (Å²) in [6.45, 7) is 1.85. The predicted molar refractivity (Wildman–Crippen MR) is 125 cm³/mol. The van der Waals surface area contributed by atoms with E-state index < -0.39 is 16.7 Å². The van der Waals surface area contributed by atoms with Crippen molar-refractivity contribution >= 4 is 52.5 Å². The van der Waals surface area contributed by atoms with Crippen LogP contribution in [0.4, 0.5) is 11.4 Å². The van der Waals surface area contributed by atoms with Crippen LogP contribution in [-0.2, 0) is 4.79 Å². The largest absolute Gasteiger partial charge is 0.321 e. The fourth-order valence-corrected chi connectivity index (χ4v) is 3.35. The Hall–Kier alpha value is -3.68. The summed E-state index contributed by atoms with van der Waals surface area (Å²) in [5.41, 5.74) is 1.92. The fraction of sp³-hybridized carbons (Fsp3) is 0.0435. The number of nitro groups is 1. The molecule has 0 unspecified atom stereocenters. The van der Waals surface area contributed by atoms with Crippen LogP contribution in [0.1, 0.15) is 21.5 Å². The molecule has 2 N–H and O–H groups in total. The molecule has 0 saturated carbocycles. The van der Waals surface area contributed by atoms with E-state index in [0.717, 1.165) is 5.56 Å². The van der Waals surface area contributed by atoms with Gasteiger partial charge in [0.05, 0.1) is 4.92 Å². The van der Waals surface area contributed by atoms with Crippen LogP contribution < -0.4 is 10.6 Å². The summed E-state index contributed by atoms with van der Waals surface area (Å²) in [6, 6.07) is 17.0. The monoisotopic (exact) mass is 469 g/mol. The lowest BCUT2D eigenvalue weighted by Gasteiger charge is -2.12. The first-order valence-electron chi connectivity index (χ1n) is 9.33. The summed E-state index contributed by atoms with van der Waals surface area (Å²) in [7, 11) is 0. The van der Waals surface area contributed by atoms with Crippen molar-refractivity contribution in [3.8, 4) is 0 Å². The minimum Gasteiger partial charge on any atom is -0.321 e. The maximum atomic E-state index is 13.0. The van der Waals surface area contributed by atoms with E-state index in [1.165, 1.54) is 48.5 Å². The van der Waals surface area contributed by atoms with E-state index in [9.17, 15) is 19.7 Å². The van der Waals surface area contributed by atoms with Gasteiger partial charge in [-0.2, -0.15) is 0 Å². The number of hydrogen-bond acceptors (Lipinski definition) is 4. The molecule has 162 valence electrons. The molecule has 0 aromatic heterocycles. The van der Waals surface area contributed by atoms with E-state index in [-0.39, 0.29) is 11.4 Å². The zero-order valence-corrected chi connectivity index (χ0v) is 18.3. The van der Waals surface area contributed by atoms with Crippen LogP contribution in [-0.4, -0.2) is 16.7 Å². The van der Waals surface area contributed by atoms with E-state index in [2.05, 4.69) is 10.6 Å². The van der Waals surface area contributed by atoms with E-state index in [1.54, 1.807) is 18.2 Å². The van der Waals surface area contributed by atoms with Gasteiger partial charge in [0.25, 0.3) is 17.5 Å². The highest BCUT2D eigenvalue weighted by Crippen LogP contribution is 2.23. The Kier molecular flexibility index (Phi) is 7.25. The number of anilines is 1. The second-order valence-corrected chi connectivity index (χ2v) is 7.72. The zero-order valence-electron chi connectivity index (χ0n) is 16.8. The highest BCUT2D eigenvalue weighted by molar-refractivity contribution is 6.35. The topological polar surface area (TPSA) is 101 Å². The van der Waals surface area contributed by atoms with Crippen LogP contribution in [0.25, 0.3) is 6.08 Å². The second-order valence-electron chi connectivity index (χ2n) is 6.84. The first kappa shape index (κ1) is 23.0. The highest BCUT2D eigenvalue weighted by Gasteiger charge is 2.16. The van der Waals surface area contributed by atoms with Gasteiger partial charge in [-0.25, -0.2) is 0 Å². The highest BCUT2D eigenvalue weighted by atomic mass is 35.5. The van der Waals surface area contributed by atoms with Crippen molar-refractivity contribution in [3.63, 3.8) is 0 Å². The minimum atomic E-state index is -0.623. The Bertz CT molecular complexity index is 1200. The summed E-state index contributed by atoms with van der Waals surface area (Å²) >= 11 is 12.0.